The Morgan fingerprint density at radius 2 is 1.95 bits per heavy atom. The van der Waals surface area contributed by atoms with Crippen LogP contribution in [0.5, 0.6) is 0 Å². The fourth-order valence-electron chi connectivity index (χ4n) is 2.54. The smallest absolute Gasteiger partial charge is 0.257 e. The molecule has 116 valence electrons. The number of nitrogens with one attached hydrogen (secondary N) is 1. The third-order valence-electron chi connectivity index (χ3n) is 3.91. The van der Waals surface area contributed by atoms with Crippen molar-refractivity contribution in [3.8, 4) is 0 Å². The lowest BCUT2D eigenvalue weighted by Crippen LogP contribution is -2.42. The number of hydrogen-bond donors (Lipinski definition) is 2. The Morgan fingerprint density at radius 3 is 2.50 bits per heavy atom. The fourth-order valence-corrected chi connectivity index (χ4v) is 3.44. The molecule has 2 aromatic rings. The van der Waals surface area contributed by atoms with E-state index >= 15 is 0 Å². The first-order chi connectivity index (χ1) is 10.5. The van der Waals surface area contributed by atoms with Crippen molar-refractivity contribution < 1.29 is 18.7 Å². The molecule has 0 spiro atoms. The third kappa shape index (κ3) is 2.76. The molecule has 6 heteroatoms. The predicted molar refractivity (Wildman–Crippen MR) is 79.6 cm³/mol. The summed E-state index contributed by atoms with van der Waals surface area (Å²) in [6.45, 7) is -0.0647. The Balaban J connectivity index is 1.77. The normalized spacial score (nSPS) is 17.0. The Kier molecular flexibility index (Phi) is 3.97. The van der Waals surface area contributed by atoms with Crippen LogP contribution in [0.1, 0.15) is 28.1 Å². The molecule has 0 saturated heterocycles. The van der Waals surface area contributed by atoms with Gasteiger partial charge in [-0.1, -0.05) is 12.1 Å². The highest BCUT2D eigenvalue weighted by molar-refractivity contribution is 7.10. The van der Waals surface area contributed by atoms with Gasteiger partial charge in [0.05, 0.1) is 6.54 Å². The van der Waals surface area contributed by atoms with E-state index in [4.69, 9.17) is 0 Å². The minimum Gasteiger partial charge on any atom is -0.382 e. The van der Waals surface area contributed by atoms with E-state index in [1.54, 1.807) is 6.07 Å². The highest BCUT2D eigenvalue weighted by Crippen LogP contribution is 2.46. The van der Waals surface area contributed by atoms with E-state index in [0.29, 0.717) is 0 Å². The summed E-state index contributed by atoms with van der Waals surface area (Å²) in [5, 5.41) is 15.2. The topological polar surface area (TPSA) is 49.3 Å². The van der Waals surface area contributed by atoms with Crippen LogP contribution in [0, 0.1) is 17.6 Å². The Bertz CT molecular complexity index is 665. The average molecular weight is 323 g/mol. The lowest BCUT2D eigenvalue weighted by Gasteiger charge is -2.27. The van der Waals surface area contributed by atoms with Crippen molar-refractivity contribution >= 4 is 17.2 Å². The molecule has 1 atom stereocenters. The number of rotatable bonds is 5. The fraction of sp³-hybridized carbons (Fsp3) is 0.312. The van der Waals surface area contributed by atoms with Crippen LogP contribution >= 0.6 is 11.3 Å². The van der Waals surface area contributed by atoms with Crippen molar-refractivity contribution in [1.29, 1.82) is 0 Å². The maximum atomic E-state index is 13.6. The van der Waals surface area contributed by atoms with Crippen LogP contribution < -0.4 is 5.32 Å². The number of benzene rings is 1. The van der Waals surface area contributed by atoms with Gasteiger partial charge in [-0.15, -0.1) is 11.3 Å². The van der Waals surface area contributed by atoms with Crippen LogP contribution in [0.4, 0.5) is 8.78 Å². The van der Waals surface area contributed by atoms with Gasteiger partial charge in [-0.2, -0.15) is 0 Å². The van der Waals surface area contributed by atoms with Crippen molar-refractivity contribution in [3.63, 3.8) is 0 Å². The predicted octanol–water partition coefficient (Wildman–Crippen LogP) is 3.05. The maximum Gasteiger partial charge on any atom is 0.257 e. The van der Waals surface area contributed by atoms with Crippen molar-refractivity contribution in [2.75, 3.05) is 6.54 Å². The van der Waals surface area contributed by atoms with E-state index < -0.39 is 28.7 Å². The lowest BCUT2D eigenvalue weighted by atomic mass is 9.95. The largest absolute Gasteiger partial charge is 0.382 e. The minimum atomic E-state index is -1.18. The summed E-state index contributed by atoms with van der Waals surface area (Å²) in [6.07, 6.45) is 1.75. The third-order valence-corrected chi connectivity index (χ3v) is 4.95. The number of carbonyl (C=O) groups excluding carboxylic acids is 1. The van der Waals surface area contributed by atoms with Gasteiger partial charge in [0.15, 0.2) is 0 Å². The zero-order valence-corrected chi connectivity index (χ0v) is 12.5. The number of aliphatic hydroxyl groups is 1. The summed E-state index contributed by atoms with van der Waals surface area (Å²) in [6, 6.07) is 6.90. The summed E-state index contributed by atoms with van der Waals surface area (Å²) in [5.74, 6) is -2.62. The Hall–Kier alpha value is -1.79. The van der Waals surface area contributed by atoms with Crippen LogP contribution in [0.25, 0.3) is 0 Å². The summed E-state index contributed by atoms with van der Waals surface area (Å²) < 4.78 is 27.2. The SMILES string of the molecule is O=C(NC[C@](O)(c1cccs1)C1CC1)c1c(F)cccc1F. The molecular weight excluding hydrogens is 308 g/mol. The summed E-state index contributed by atoms with van der Waals surface area (Å²) in [7, 11) is 0. The first kappa shape index (κ1) is 15.1. The van der Waals surface area contributed by atoms with Crippen molar-refractivity contribution in [1.82, 2.24) is 5.32 Å². The van der Waals surface area contributed by atoms with Crippen molar-refractivity contribution in [3.05, 3.63) is 57.8 Å². The summed E-state index contributed by atoms with van der Waals surface area (Å²) >= 11 is 1.40. The van der Waals surface area contributed by atoms with E-state index in [9.17, 15) is 18.7 Å². The second-order valence-electron chi connectivity index (χ2n) is 5.46. The summed E-state index contributed by atoms with van der Waals surface area (Å²) in [4.78, 5) is 12.8. The molecule has 22 heavy (non-hydrogen) atoms. The molecule has 1 heterocycles. The van der Waals surface area contributed by atoms with E-state index in [1.807, 2.05) is 11.4 Å². The van der Waals surface area contributed by atoms with Gasteiger partial charge < -0.3 is 10.4 Å². The Labute approximate surface area is 130 Å². The van der Waals surface area contributed by atoms with Gasteiger partial charge in [0.1, 0.15) is 22.8 Å². The molecule has 1 aromatic carbocycles. The first-order valence-corrected chi connectivity index (χ1v) is 7.89. The van der Waals surface area contributed by atoms with Crippen LogP contribution in [-0.4, -0.2) is 17.6 Å². The van der Waals surface area contributed by atoms with Crippen LogP contribution in [-0.2, 0) is 5.60 Å². The second kappa shape index (κ2) is 5.78. The molecule has 0 aliphatic heterocycles. The number of carbonyl (C=O) groups is 1. The van der Waals surface area contributed by atoms with E-state index in [0.717, 1.165) is 29.9 Å². The van der Waals surface area contributed by atoms with Gasteiger partial charge >= 0.3 is 0 Å². The van der Waals surface area contributed by atoms with Gasteiger partial charge in [0.2, 0.25) is 0 Å². The molecule has 3 nitrogen and oxygen atoms in total. The zero-order chi connectivity index (χ0) is 15.7. The average Bonchev–Trinajstić information content (AvgIpc) is 3.20. The molecule has 1 saturated carbocycles. The van der Waals surface area contributed by atoms with Crippen LogP contribution in [0.15, 0.2) is 35.7 Å². The van der Waals surface area contributed by atoms with Gasteiger partial charge in [-0.05, 0) is 42.3 Å². The molecule has 0 bridgehead atoms. The number of halogens is 2. The van der Waals surface area contributed by atoms with E-state index in [1.165, 1.54) is 17.4 Å². The second-order valence-corrected chi connectivity index (χ2v) is 6.40. The van der Waals surface area contributed by atoms with Crippen molar-refractivity contribution in [2.45, 2.75) is 18.4 Å². The molecule has 1 amide bonds. The number of thiophene rings is 1. The quantitative estimate of drug-likeness (QED) is 0.888. The van der Waals surface area contributed by atoms with Gasteiger partial charge in [0, 0.05) is 4.88 Å². The van der Waals surface area contributed by atoms with E-state index in [-0.39, 0.29) is 12.5 Å². The number of hydrogen-bond acceptors (Lipinski definition) is 3. The summed E-state index contributed by atoms with van der Waals surface area (Å²) in [5.41, 5.74) is -1.79. The van der Waals surface area contributed by atoms with Crippen molar-refractivity contribution in [2.24, 2.45) is 5.92 Å². The molecule has 0 radical (unpaired) electrons. The monoisotopic (exact) mass is 323 g/mol. The van der Waals surface area contributed by atoms with Gasteiger partial charge in [0.25, 0.3) is 5.91 Å². The molecular formula is C16H15F2NO2S. The maximum absolute atomic E-state index is 13.6. The standard InChI is InChI=1S/C16H15F2NO2S/c17-11-3-1-4-12(18)14(11)15(20)19-9-16(21,10-6-7-10)13-5-2-8-22-13/h1-5,8,10,21H,6-7,9H2,(H,19,20)/t16-/m1/s1. The first-order valence-electron chi connectivity index (χ1n) is 7.01. The molecule has 1 fully saturated rings. The highest BCUT2D eigenvalue weighted by Gasteiger charge is 2.46. The molecule has 3 rings (SSSR count). The van der Waals surface area contributed by atoms with Gasteiger partial charge in [-0.3, -0.25) is 4.79 Å². The molecule has 1 aliphatic carbocycles. The highest BCUT2D eigenvalue weighted by atomic mass is 32.1. The molecule has 0 unspecified atom stereocenters. The zero-order valence-electron chi connectivity index (χ0n) is 11.7. The van der Waals surface area contributed by atoms with Crippen LogP contribution in [0.3, 0.4) is 0 Å². The molecule has 1 aliphatic rings. The van der Waals surface area contributed by atoms with Crippen LogP contribution in [0.2, 0.25) is 0 Å². The Morgan fingerprint density at radius 1 is 1.27 bits per heavy atom. The number of amides is 1. The lowest BCUT2D eigenvalue weighted by molar-refractivity contribution is 0.0168. The van der Waals surface area contributed by atoms with Gasteiger partial charge in [-0.25, -0.2) is 8.78 Å². The van der Waals surface area contributed by atoms with E-state index in [2.05, 4.69) is 5.32 Å². The molecule has 1 aromatic heterocycles. The molecule has 2 N–H and O–H groups in total. The minimum absolute atomic E-state index is 0.0647.